The maximum atomic E-state index is 14.5. The highest BCUT2D eigenvalue weighted by Gasteiger charge is 2.35. The summed E-state index contributed by atoms with van der Waals surface area (Å²) in [6, 6.07) is 29.9. The Hall–Kier alpha value is -4.43. The molecule has 0 saturated heterocycles. The predicted molar refractivity (Wildman–Crippen MR) is 171 cm³/mol. The topological polar surface area (TPSA) is 86.8 Å². The number of carbonyl (C=O) groups excluding carboxylic acids is 2. The van der Waals surface area contributed by atoms with E-state index in [4.69, 9.17) is 0 Å². The van der Waals surface area contributed by atoms with E-state index >= 15 is 0 Å². The SMILES string of the molecule is CCNC(=O)[C@H](Cc1ccccc1)N(Cc1ccccc1C)C(=O)CN(c1ccc(C)cc1C)S(=O)(=O)c1ccccc1. The molecule has 0 unspecified atom stereocenters. The van der Waals surface area contributed by atoms with Gasteiger partial charge in [-0.3, -0.25) is 13.9 Å². The third kappa shape index (κ3) is 7.70. The summed E-state index contributed by atoms with van der Waals surface area (Å²) < 4.78 is 29.4. The fourth-order valence-corrected chi connectivity index (χ4v) is 6.63. The molecule has 0 saturated carbocycles. The van der Waals surface area contributed by atoms with Crippen molar-refractivity contribution in [2.75, 3.05) is 17.4 Å². The van der Waals surface area contributed by atoms with E-state index in [2.05, 4.69) is 5.32 Å². The summed E-state index contributed by atoms with van der Waals surface area (Å²) in [5.41, 5.74) is 4.85. The zero-order chi connectivity index (χ0) is 31.0. The van der Waals surface area contributed by atoms with Crippen LogP contribution in [0.1, 0.15) is 34.7 Å². The first-order valence-electron chi connectivity index (χ1n) is 14.4. The Balaban J connectivity index is 1.82. The zero-order valence-electron chi connectivity index (χ0n) is 25.2. The summed E-state index contributed by atoms with van der Waals surface area (Å²) in [6.45, 7) is 7.62. The molecule has 8 heteroatoms. The van der Waals surface area contributed by atoms with Crippen molar-refractivity contribution in [2.24, 2.45) is 0 Å². The molecule has 0 aromatic heterocycles. The minimum atomic E-state index is -4.13. The monoisotopic (exact) mass is 597 g/mol. The quantitative estimate of drug-likeness (QED) is 0.231. The average Bonchev–Trinajstić information content (AvgIpc) is 3.00. The minimum absolute atomic E-state index is 0.0813. The Morgan fingerprint density at radius 1 is 0.791 bits per heavy atom. The van der Waals surface area contributed by atoms with Gasteiger partial charge in [0.15, 0.2) is 0 Å². The highest BCUT2D eigenvalue weighted by molar-refractivity contribution is 7.92. The summed E-state index contributed by atoms with van der Waals surface area (Å²) in [7, 11) is -4.13. The van der Waals surface area contributed by atoms with Gasteiger partial charge in [0.1, 0.15) is 12.6 Å². The van der Waals surface area contributed by atoms with Crippen LogP contribution in [0.4, 0.5) is 5.69 Å². The third-order valence-corrected chi connectivity index (χ3v) is 9.23. The highest BCUT2D eigenvalue weighted by atomic mass is 32.2. The number of nitrogens with zero attached hydrogens (tertiary/aromatic N) is 2. The van der Waals surface area contributed by atoms with Crippen molar-refractivity contribution in [3.05, 3.63) is 131 Å². The molecule has 0 radical (unpaired) electrons. The number of rotatable bonds is 12. The molecule has 4 aromatic rings. The summed E-state index contributed by atoms with van der Waals surface area (Å²) in [5, 5.41) is 2.89. The van der Waals surface area contributed by atoms with E-state index in [1.807, 2.05) is 94.4 Å². The van der Waals surface area contributed by atoms with E-state index in [0.717, 1.165) is 27.8 Å². The van der Waals surface area contributed by atoms with Crippen molar-refractivity contribution in [1.82, 2.24) is 10.2 Å². The lowest BCUT2D eigenvalue weighted by molar-refractivity contribution is -0.140. The van der Waals surface area contributed by atoms with Gasteiger partial charge in [0, 0.05) is 19.5 Å². The molecule has 1 atom stereocenters. The maximum Gasteiger partial charge on any atom is 0.264 e. The molecule has 0 aliphatic rings. The van der Waals surface area contributed by atoms with Gasteiger partial charge in [0.05, 0.1) is 10.6 Å². The van der Waals surface area contributed by atoms with Crippen LogP contribution in [0.25, 0.3) is 0 Å². The second kappa shape index (κ2) is 14.2. The van der Waals surface area contributed by atoms with Crippen LogP contribution in [0.3, 0.4) is 0 Å². The largest absolute Gasteiger partial charge is 0.355 e. The Morgan fingerprint density at radius 2 is 1.42 bits per heavy atom. The lowest BCUT2D eigenvalue weighted by Gasteiger charge is -2.34. The molecule has 0 spiro atoms. The summed E-state index contributed by atoms with van der Waals surface area (Å²) in [4.78, 5) is 29.7. The van der Waals surface area contributed by atoms with E-state index < -0.39 is 28.5 Å². The summed E-state index contributed by atoms with van der Waals surface area (Å²) >= 11 is 0. The normalized spacial score (nSPS) is 11.9. The average molecular weight is 598 g/mol. The van der Waals surface area contributed by atoms with Crippen LogP contribution >= 0.6 is 0 Å². The molecular weight excluding hydrogens is 558 g/mol. The molecule has 4 rings (SSSR count). The van der Waals surface area contributed by atoms with Crippen LogP contribution in [-0.4, -0.2) is 44.3 Å². The van der Waals surface area contributed by atoms with Gasteiger partial charge in [-0.1, -0.05) is 90.5 Å². The molecular formula is C35H39N3O4S. The van der Waals surface area contributed by atoms with Gasteiger partial charge in [0.25, 0.3) is 10.0 Å². The van der Waals surface area contributed by atoms with E-state index in [1.54, 1.807) is 24.3 Å². The second-order valence-corrected chi connectivity index (χ2v) is 12.5. The first-order valence-corrected chi connectivity index (χ1v) is 15.9. The van der Waals surface area contributed by atoms with Crippen molar-refractivity contribution < 1.29 is 18.0 Å². The molecule has 7 nitrogen and oxygen atoms in total. The summed E-state index contributed by atoms with van der Waals surface area (Å²) in [6.07, 6.45) is 0.277. The molecule has 224 valence electrons. The number of benzene rings is 4. The molecule has 0 heterocycles. The summed E-state index contributed by atoms with van der Waals surface area (Å²) in [5.74, 6) is -0.771. The smallest absolute Gasteiger partial charge is 0.264 e. The van der Waals surface area contributed by atoms with Gasteiger partial charge in [-0.25, -0.2) is 8.42 Å². The van der Waals surface area contributed by atoms with Crippen LogP contribution < -0.4 is 9.62 Å². The number of anilines is 1. The van der Waals surface area contributed by atoms with Crippen molar-refractivity contribution in [3.8, 4) is 0 Å². The number of sulfonamides is 1. The first kappa shape index (κ1) is 31.5. The van der Waals surface area contributed by atoms with Gasteiger partial charge in [-0.15, -0.1) is 0 Å². The van der Waals surface area contributed by atoms with Gasteiger partial charge >= 0.3 is 0 Å². The van der Waals surface area contributed by atoms with Crippen LogP contribution in [0, 0.1) is 20.8 Å². The first-order chi connectivity index (χ1) is 20.6. The van der Waals surface area contributed by atoms with Crippen molar-refractivity contribution in [1.29, 1.82) is 0 Å². The third-order valence-electron chi connectivity index (χ3n) is 7.46. The second-order valence-electron chi connectivity index (χ2n) is 10.7. The van der Waals surface area contributed by atoms with E-state index in [0.29, 0.717) is 12.2 Å². The highest BCUT2D eigenvalue weighted by Crippen LogP contribution is 2.28. The van der Waals surface area contributed by atoms with Crippen LogP contribution in [-0.2, 0) is 32.6 Å². The fourth-order valence-electron chi connectivity index (χ4n) is 5.14. The van der Waals surface area contributed by atoms with Crippen LogP contribution in [0.5, 0.6) is 0 Å². The number of amides is 2. The maximum absolute atomic E-state index is 14.5. The molecule has 0 bridgehead atoms. The van der Waals surface area contributed by atoms with Gasteiger partial charge in [0.2, 0.25) is 11.8 Å². The van der Waals surface area contributed by atoms with E-state index in [-0.39, 0.29) is 23.8 Å². The van der Waals surface area contributed by atoms with Crippen molar-refractivity contribution in [2.45, 2.75) is 51.6 Å². The standard InChI is InChI=1S/C35H39N3O4S/c1-5-36-35(40)33(23-29-15-8-6-9-16-29)37(24-30-17-13-12-14-27(30)3)34(39)25-38(32-21-20-26(2)22-28(32)4)43(41,42)31-18-10-7-11-19-31/h6-22,33H,5,23-25H2,1-4H3,(H,36,40)/t33-/m0/s1. The fraction of sp³-hybridized carbons (Fsp3) is 0.257. The Morgan fingerprint density at radius 3 is 2.05 bits per heavy atom. The molecule has 4 aromatic carbocycles. The molecule has 1 N–H and O–H groups in total. The van der Waals surface area contributed by atoms with E-state index in [1.165, 1.54) is 21.3 Å². The van der Waals surface area contributed by atoms with Crippen LogP contribution in [0.2, 0.25) is 0 Å². The van der Waals surface area contributed by atoms with Gasteiger partial charge in [-0.2, -0.15) is 0 Å². The zero-order valence-corrected chi connectivity index (χ0v) is 26.0. The van der Waals surface area contributed by atoms with E-state index in [9.17, 15) is 18.0 Å². The Bertz CT molecular complexity index is 1660. The van der Waals surface area contributed by atoms with Crippen molar-refractivity contribution in [3.63, 3.8) is 0 Å². The lowest BCUT2D eigenvalue weighted by atomic mass is 10.0. The Labute approximate surface area is 255 Å². The van der Waals surface area contributed by atoms with Crippen molar-refractivity contribution >= 4 is 27.5 Å². The predicted octanol–water partition coefficient (Wildman–Crippen LogP) is 5.58. The molecule has 2 amide bonds. The molecule has 0 aliphatic heterocycles. The minimum Gasteiger partial charge on any atom is -0.355 e. The number of hydrogen-bond donors (Lipinski definition) is 1. The molecule has 0 fully saturated rings. The number of carbonyl (C=O) groups is 2. The number of aryl methyl sites for hydroxylation is 3. The number of nitrogens with one attached hydrogen (secondary N) is 1. The number of likely N-dealkylation sites (N-methyl/N-ethyl adjacent to an activating group) is 1. The number of hydrogen-bond acceptors (Lipinski definition) is 4. The Kier molecular flexibility index (Phi) is 10.4. The van der Waals surface area contributed by atoms with Gasteiger partial charge in [-0.05, 0) is 68.1 Å². The van der Waals surface area contributed by atoms with Crippen LogP contribution in [0.15, 0.2) is 108 Å². The molecule has 0 aliphatic carbocycles. The van der Waals surface area contributed by atoms with Gasteiger partial charge < -0.3 is 10.2 Å². The lowest BCUT2D eigenvalue weighted by Crippen LogP contribution is -2.53. The molecule has 43 heavy (non-hydrogen) atoms.